The van der Waals surface area contributed by atoms with Gasteiger partial charge in [0.1, 0.15) is 12.1 Å². The van der Waals surface area contributed by atoms with Crippen LogP contribution >= 0.6 is 0 Å². The SMILES string of the molecule is O=C(O)C1CCN(c2ncnc3c2CCCCC3)C1. The van der Waals surface area contributed by atoms with E-state index in [9.17, 15) is 4.79 Å². The average Bonchev–Trinajstić information content (AvgIpc) is 2.77. The van der Waals surface area contributed by atoms with Crippen molar-refractivity contribution in [1.82, 2.24) is 9.97 Å². The van der Waals surface area contributed by atoms with Crippen LogP contribution in [0.2, 0.25) is 0 Å². The zero-order valence-electron chi connectivity index (χ0n) is 11.0. The smallest absolute Gasteiger partial charge is 0.308 e. The van der Waals surface area contributed by atoms with Gasteiger partial charge in [0.2, 0.25) is 0 Å². The van der Waals surface area contributed by atoms with Crippen molar-refractivity contribution in [1.29, 1.82) is 0 Å². The highest BCUT2D eigenvalue weighted by Crippen LogP contribution is 2.30. The Labute approximate surface area is 112 Å². The molecule has 0 radical (unpaired) electrons. The Bertz CT molecular complexity index is 490. The van der Waals surface area contributed by atoms with Crippen molar-refractivity contribution in [2.45, 2.75) is 38.5 Å². The maximum atomic E-state index is 11.1. The zero-order chi connectivity index (χ0) is 13.2. The molecule has 102 valence electrons. The summed E-state index contributed by atoms with van der Waals surface area (Å²) in [5.74, 6) is 0.0367. The molecule has 3 rings (SSSR count). The maximum absolute atomic E-state index is 11.1. The first kappa shape index (κ1) is 12.4. The van der Waals surface area contributed by atoms with E-state index in [1.807, 2.05) is 0 Å². The number of nitrogens with zero attached hydrogens (tertiary/aromatic N) is 3. The van der Waals surface area contributed by atoms with Crippen LogP contribution in [0.4, 0.5) is 5.82 Å². The predicted octanol–water partition coefficient (Wildman–Crippen LogP) is 1.66. The third-order valence-corrected chi connectivity index (χ3v) is 4.19. The van der Waals surface area contributed by atoms with Crippen LogP contribution < -0.4 is 4.90 Å². The van der Waals surface area contributed by atoms with Crippen molar-refractivity contribution in [3.8, 4) is 0 Å². The molecule has 2 heterocycles. The van der Waals surface area contributed by atoms with E-state index in [2.05, 4.69) is 14.9 Å². The van der Waals surface area contributed by atoms with E-state index in [-0.39, 0.29) is 5.92 Å². The van der Waals surface area contributed by atoms with Gasteiger partial charge in [0.15, 0.2) is 0 Å². The van der Waals surface area contributed by atoms with E-state index in [0.29, 0.717) is 13.0 Å². The van der Waals surface area contributed by atoms with Crippen molar-refractivity contribution >= 4 is 11.8 Å². The first-order valence-electron chi connectivity index (χ1n) is 7.06. The summed E-state index contributed by atoms with van der Waals surface area (Å²) in [4.78, 5) is 22.0. The van der Waals surface area contributed by atoms with E-state index in [4.69, 9.17) is 5.11 Å². The van der Waals surface area contributed by atoms with Gasteiger partial charge >= 0.3 is 5.97 Å². The highest BCUT2D eigenvalue weighted by Gasteiger charge is 2.30. The Morgan fingerprint density at radius 1 is 1.26 bits per heavy atom. The summed E-state index contributed by atoms with van der Waals surface area (Å²) in [5.41, 5.74) is 2.42. The molecule has 1 unspecified atom stereocenters. The van der Waals surface area contributed by atoms with Gasteiger partial charge in [-0.2, -0.15) is 0 Å². The van der Waals surface area contributed by atoms with Crippen LogP contribution in [0.25, 0.3) is 0 Å². The minimum Gasteiger partial charge on any atom is -0.481 e. The van der Waals surface area contributed by atoms with E-state index in [1.54, 1.807) is 6.33 Å². The Hall–Kier alpha value is -1.65. The molecule has 0 saturated carbocycles. The third kappa shape index (κ3) is 2.41. The topological polar surface area (TPSA) is 66.3 Å². The largest absolute Gasteiger partial charge is 0.481 e. The number of aliphatic carboxylic acids is 1. The molecule has 5 heteroatoms. The maximum Gasteiger partial charge on any atom is 0.308 e. The number of carboxylic acids is 1. The molecule has 1 atom stereocenters. The summed E-state index contributed by atoms with van der Waals surface area (Å²) < 4.78 is 0. The lowest BCUT2D eigenvalue weighted by atomic mass is 10.1. The molecular formula is C14H19N3O2. The van der Waals surface area contributed by atoms with Gasteiger partial charge in [-0.3, -0.25) is 4.79 Å². The van der Waals surface area contributed by atoms with Crippen molar-refractivity contribution in [2.75, 3.05) is 18.0 Å². The van der Waals surface area contributed by atoms with Crippen molar-refractivity contribution in [2.24, 2.45) is 5.92 Å². The van der Waals surface area contributed by atoms with E-state index in [1.165, 1.54) is 30.5 Å². The van der Waals surface area contributed by atoms with Crippen LogP contribution in [0.3, 0.4) is 0 Å². The van der Waals surface area contributed by atoms with Crippen molar-refractivity contribution < 1.29 is 9.90 Å². The van der Waals surface area contributed by atoms with Gasteiger partial charge in [-0.15, -0.1) is 0 Å². The fourth-order valence-corrected chi connectivity index (χ4v) is 3.11. The molecule has 0 spiro atoms. The van der Waals surface area contributed by atoms with Gasteiger partial charge in [0.25, 0.3) is 0 Å². The molecule has 0 bridgehead atoms. The number of hydrogen-bond donors (Lipinski definition) is 1. The van der Waals surface area contributed by atoms with Gasteiger partial charge in [0.05, 0.1) is 5.92 Å². The Morgan fingerprint density at radius 3 is 2.89 bits per heavy atom. The first-order chi connectivity index (χ1) is 9.25. The monoisotopic (exact) mass is 261 g/mol. The normalized spacial score (nSPS) is 22.9. The standard InChI is InChI=1S/C14H19N3O2/c18-14(19)10-6-7-17(8-10)13-11-4-2-1-3-5-12(11)15-9-16-13/h9-10H,1-8H2,(H,18,19). The second-order valence-electron chi connectivity index (χ2n) is 5.45. The highest BCUT2D eigenvalue weighted by atomic mass is 16.4. The Balaban J connectivity index is 1.87. The summed E-state index contributed by atoms with van der Waals surface area (Å²) in [7, 11) is 0. The Kier molecular flexibility index (Phi) is 3.36. The van der Waals surface area contributed by atoms with Gasteiger partial charge in [-0.05, 0) is 32.1 Å². The summed E-state index contributed by atoms with van der Waals surface area (Å²) >= 11 is 0. The molecule has 2 aliphatic rings. The molecule has 1 fully saturated rings. The molecule has 0 amide bonds. The number of hydrogen-bond acceptors (Lipinski definition) is 4. The minimum absolute atomic E-state index is 0.253. The second kappa shape index (κ2) is 5.15. The number of anilines is 1. The summed E-state index contributed by atoms with van der Waals surface area (Å²) in [6.45, 7) is 1.37. The molecule has 1 aliphatic heterocycles. The number of rotatable bonds is 2. The molecule has 0 aromatic carbocycles. The van der Waals surface area contributed by atoms with Crippen LogP contribution in [0.1, 0.15) is 36.9 Å². The lowest BCUT2D eigenvalue weighted by molar-refractivity contribution is -0.140. The van der Waals surface area contributed by atoms with Crippen molar-refractivity contribution in [3.63, 3.8) is 0 Å². The summed E-state index contributed by atoms with van der Waals surface area (Å²) in [6.07, 6.45) is 8.03. The van der Waals surface area contributed by atoms with Gasteiger partial charge in [0, 0.05) is 24.3 Å². The minimum atomic E-state index is -0.692. The van der Waals surface area contributed by atoms with Gasteiger partial charge in [-0.1, -0.05) is 6.42 Å². The number of carbonyl (C=O) groups is 1. The van der Waals surface area contributed by atoms with E-state index < -0.39 is 5.97 Å². The lowest BCUT2D eigenvalue weighted by Crippen LogP contribution is -2.25. The highest BCUT2D eigenvalue weighted by molar-refractivity contribution is 5.72. The molecule has 19 heavy (non-hydrogen) atoms. The molecular weight excluding hydrogens is 242 g/mol. The first-order valence-corrected chi connectivity index (χ1v) is 7.06. The van der Waals surface area contributed by atoms with Gasteiger partial charge in [-0.25, -0.2) is 9.97 Å². The van der Waals surface area contributed by atoms with Crippen molar-refractivity contribution in [3.05, 3.63) is 17.6 Å². The van der Waals surface area contributed by atoms with Crippen LogP contribution in [0.15, 0.2) is 6.33 Å². The van der Waals surface area contributed by atoms with E-state index in [0.717, 1.165) is 25.2 Å². The molecule has 1 aromatic heterocycles. The number of aromatic nitrogens is 2. The molecule has 1 aliphatic carbocycles. The van der Waals surface area contributed by atoms with Crippen LogP contribution in [0.5, 0.6) is 0 Å². The summed E-state index contributed by atoms with van der Waals surface area (Å²) in [5, 5.41) is 9.10. The molecule has 1 N–H and O–H groups in total. The molecule has 1 saturated heterocycles. The van der Waals surface area contributed by atoms with Crippen LogP contribution in [-0.4, -0.2) is 34.1 Å². The average molecular weight is 261 g/mol. The van der Waals surface area contributed by atoms with Crippen LogP contribution in [-0.2, 0) is 17.6 Å². The quantitative estimate of drug-likeness (QED) is 0.820. The second-order valence-corrected chi connectivity index (χ2v) is 5.45. The van der Waals surface area contributed by atoms with Crippen LogP contribution in [0, 0.1) is 5.92 Å². The fourth-order valence-electron chi connectivity index (χ4n) is 3.11. The summed E-state index contributed by atoms with van der Waals surface area (Å²) in [6, 6.07) is 0. The number of fused-ring (bicyclic) bond motifs is 1. The van der Waals surface area contributed by atoms with Gasteiger partial charge < -0.3 is 10.0 Å². The fraction of sp³-hybridized carbons (Fsp3) is 0.643. The molecule has 5 nitrogen and oxygen atoms in total. The zero-order valence-corrected chi connectivity index (χ0v) is 11.0. The molecule has 1 aromatic rings. The number of aryl methyl sites for hydroxylation is 1. The lowest BCUT2D eigenvalue weighted by Gasteiger charge is -2.21. The predicted molar refractivity (Wildman–Crippen MR) is 71.2 cm³/mol. The third-order valence-electron chi connectivity index (χ3n) is 4.19. The van der Waals surface area contributed by atoms with E-state index >= 15 is 0 Å². The number of carboxylic acid groups (broad SMARTS) is 1. The Morgan fingerprint density at radius 2 is 2.11 bits per heavy atom.